The van der Waals surface area contributed by atoms with Crippen LogP contribution in [-0.4, -0.2) is 6.54 Å². The standard InChI is InChI=1S/C16H19N/c1-13-8-9-14(2)15(12-13)10-11-17-16-6-4-3-5-7-16/h3-9,12,17H,10-11H2,1-2H3. The maximum Gasteiger partial charge on any atom is 0.0340 e. The third kappa shape index (κ3) is 3.35. The first-order chi connectivity index (χ1) is 8.25. The van der Waals surface area contributed by atoms with Crippen molar-refractivity contribution in [3.8, 4) is 0 Å². The van der Waals surface area contributed by atoms with Crippen LogP contribution in [0.5, 0.6) is 0 Å². The fourth-order valence-corrected chi connectivity index (χ4v) is 1.97. The van der Waals surface area contributed by atoms with Gasteiger partial charge in [-0.25, -0.2) is 0 Å². The maximum atomic E-state index is 3.44. The summed E-state index contributed by atoms with van der Waals surface area (Å²) in [7, 11) is 0. The highest BCUT2D eigenvalue weighted by molar-refractivity contribution is 5.42. The first-order valence-corrected chi connectivity index (χ1v) is 6.11. The number of hydrogen-bond donors (Lipinski definition) is 1. The van der Waals surface area contributed by atoms with Crippen molar-refractivity contribution in [1.82, 2.24) is 0 Å². The average molecular weight is 225 g/mol. The summed E-state index contributed by atoms with van der Waals surface area (Å²) in [6.07, 6.45) is 1.07. The highest BCUT2D eigenvalue weighted by Crippen LogP contribution is 2.12. The molecule has 0 amide bonds. The van der Waals surface area contributed by atoms with E-state index in [-0.39, 0.29) is 0 Å². The predicted octanol–water partition coefficient (Wildman–Crippen LogP) is 3.96. The zero-order valence-corrected chi connectivity index (χ0v) is 10.5. The molecule has 0 atom stereocenters. The molecule has 0 aromatic heterocycles. The predicted molar refractivity (Wildman–Crippen MR) is 74.6 cm³/mol. The molecule has 0 saturated carbocycles. The van der Waals surface area contributed by atoms with E-state index < -0.39 is 0 Å². The van der Waals surface area contributed by atoms with Crippen LogP contribution in [0, 0.1) is 13.8 Å². The topological polar surface area (TPSA) is 12.0 Å². The summed E-state index contributed by atoms with van der Waals surface area (Å²) in [6.45, 7) is 5.30. The Bertz CT molecular complexity index is 474. The van der Waals surface area contributed by atoms with Gasteiger partial charge in [-0.3, -0.25) is 0 Å². The van der Waals surface area contributed by atoms with E-state index in [1.54, 1.807) is 0 Å². The van der Waals surface area contributed by atoms with Gasteiger partial charge in [-0.15, -0.1) is 0 Å². The van der Waals surface area contributed by atoms with Gasteiger partial charge in [-0.2, -0.15) is 0 Å². The molecule has 0 aliphatic carbocycles. The van der Waals surface area contributed by atoms with Gasteiger partial charge in [0, 0.05) is 12.2 Å². The molecule has 0 unspecified atom stereocenters. The molecule has 2 aromatic rings. The summed E-state index contributed by atoms with van der Waals surface area (Å²) < 4.78 is 0. The molecule has 1 N–H and O–H groups in total. The molecule has 0 bridgehead atoms. The minimum atomic E-state index is 0.980. The molecule has 1 heteroatoms. The van der Waals surface area contributed by atoms with Crippen LogP contribution in [0.25, 0.3) is 0 Å². The van der Waals surface area contributed by atoms with Crippen LogP contribution in [0.4, 0.5) is 5.69 Å². The van der Waals surface area contributed by atoms with E-state index in [0.717, 1.165) is 13.0 Å². The number of rotatable bonds is 4. The Morgan fingerprint density at radius 1 is 0.941 bits per heavy atom. The molecule has 0 aliphatic rings. The minimum Gasteiger partial charge on any atom is -0.385 e. The van der Waals surface area contributed by atoms with Crippen molar-refractivity contribution in [1.29, 1.82) is 0 Å². The SMILES string of the molecule is Cc1ccc(C)c(CCNc2ccccc2)c1. The minimum absolute atomic E-state index is 0.980. The zero-order valence-electron chi connectivity index (χ0n) is 10.5. The lowest BCUT2D eigenvalue weighted by Crippen LogP contribution is -2.05. The van der Waals surface area contributed by atoms with E-state index in [4.69, 9.17) is 0 Å². The van der Waals surface area contributed by atoms with E-state index in [2.05, 4.69) is 61.6 Å². The number of aryl methyl sites for hydroxylation is 2. The lowest BCUT2D eigenvalue weighted by Gasteiger charge is -2.09. The second-order valence-corrected chi connectivity index (χ2v) is 4.47. The Balaban J connectivity index is 1.92. The molecule has 2 aromatic carbocycles. The molecule has 0 fully saturated rings. The summed E-state index contributed by atoms with van der Waals surface area (Å²) >= 11 is 0. The van der Waals surface area contributed by atoms with Gasteiger partial charge in [0.2, 0.25) is 0 Å². The number of hydrogen-bond acceptors (Lipinski definition) is 1. The average Bonchev–Trinajstić information content (AvgIpc) is 2.35. The lowest BCUT2D eigenvalue weighted by molar-refractivity contribution is 1.00. The molecule has 0 radical (unpaired) electrons. The van der Waals surface area contributed by atoms with Crippen LogP contribution in [0.2, 0.25) is 0 Å². The Kier molecular flexibility index (Phi) is 3.81. The van der Waals surface area contributed by atoms with Crippen molar-refractivity contribution in [2.75, 3.05) is 11.9 Å². The molecular formula is C16H19N. The summed E-state index contributed by atoms with van der Waals surface area (Å²) in [5.74, 6) is 0. The van der Waals surface area contributed by atoms with Gasteiger partial charge in [0.25, 0.3) is 0 Å². The van der Waals surface area contributed by atoms with Gasteiger partial charge >= 0.3 is 0 Å². The van der Waals surface area contributed by atoms with Gasteiger partial charge in [-0.1, -0.05) is 42.0 Å². The smallest absolute Gasteiger partial charge is 0.0340 e. The van der Waals surface area contributed by atoms with E-state index in [0.29, 0.717) is 0 Å². The van der Waals surface area contributed by atoms with Crippen LogP contribution in [0.1, 0.15) is 16.7 Å². The van der Waals surface area contributed by atoms with Gasteiger partial charge < -0.3 is 5.32 Å². The van der Waals surface area contributed by atoms with Crippen molar-refractivity contribution in [3.63, 3.8) is 0 Å². The Morgan fingerprint density at radius 2 is 1.71 bits per heavy atom. The molecule has 0 spiro atoms. The molecule has 2 rings (SSSR count). The van der Waals surface area contributed by atoms with Crippen molar-refractivity contribution in [2.45, 2.75) is 20.3 Å². The highest BCUT2D eigenvalue weighted by Gasteiger charge is 1.98. The fraction of sp³-hybridized carbons (Fsp3) is 0.250. The van der Waals surface area contributed by atoms with E-state index in [1.165, 1.54) is 22.4 Å². The highest BCUT2D eigenvalue weighted by atomic mass is 14.9. The fourth-order valence-electron chi connectivity index (χ4n) is 1.97. The molecule has 88 valence electrons. The van der Waals surface area contributed by atoms with Crippen LogP contribution < -0.4 is 5.32 Å². The van der Waals surface area contributed by atoms with Crippen LogP contribution in [0.3, 0.4) is 0 Å². The van der Waals surface area contributed by atoms with Crippen molar-refractivity contribution >= 4 is 5.69 Å². The molecule has 0 saturated heterocycles. The molecule has 0 heterocycles. The monoisotopic (exact) mass is 225 g/mol. The number of nitrogens with one attached hydrogen (secondary N) is 1. The van der Waals surface area contributed by atoms with Gasteiger partial charge in [-0.05, 0) is 43.5 Å². The summed E-state index contributed by atoms with van der Waals surface area (Å²) in [5, 5.41) is 3.44. The Labute approximate surface area is 103 Å². The van der Waals surface area contributed by atoms with Crippen LogP contribution in [0.15, 0.2) is 48.5 Å². The Hall–Kier alpha value is -1.76. The van der Waals surface area contributed by atoms with E-state index in [9.17, 15) is 0 Å². The van der Waals surface area contributed by atoms with Crippen LogP contribution in [-0.2, 0) is 6.42 Å². The maximum absolute atomic E-state index is 3.44. The Morgan fingerprint density at radius 3 is 2.47 bits per heavy atom. The summed E-state index contributed by atoms with van der Waals surface area (Å²) in [6, 6.07) is 17.0. The van der Waals surface area contributed by atoms with E-state index >= 15 is 0 Å². The second kappa shape index (κ2) is 5.53. The van der Waals surface area contributed by atoms with Gasteiger partial charge in [0.05, 0.1) is 0 Å². The van der Waals surface area contributed by atoms with Crippen LogP contribution >= 0.6 is 0 Å². The van der Waals surface area contributed by atoms with Crippen molar-refractivity contribution in [2.24, 2.45) is 0 Å². The third-order valence-corrected chi connectivity index (χ3v) is 3.00. The summed E-state index contributed by atoms with van der Waals surface area (Å²) in [4.78, 5) is 0. The lowest BCUT2D eigenvalue weighted by atomic mass is 10.0. The molecule has 0 aliphatic heterocycles. The number of para-hydroxylation sites is 1. The second-order valence-electron chi connectivity index (χ2n) is 4.47. The summed E-state index contributed by atoms with van der Waals surface area (Å²) in [5.41, 5.74) is 5.35. The number of benzene rings is 2. The number of anilines is 1. The van der Waals surface area contributed by atoms with Gasteiger partial charge in [0.1, 0.15) is 0 Å². The van der Waals surface area contributed by atoms with Crippen molar-refractivity contribution < 1.29 is 0 Å². The quantitative estimate of drug-likeness (QED) is 0.830. The molecule has 1 nitrogen and oxygen atoms in total. The van der Waals surface area contributed by atoms with Crippen molar-refractivity contribution in [3.05, 3.63) is 65.2 Å². The first kappa shape index (κ1) is 11.7. The first-order valence-electron chi connectivity index (χ1n) is 6.11. The molecular weight excluding hydrogens is 206 g/mol. The molecule has 17 heavy (non-hydrogen) atoms. The zero-order chi connectivity index (χ0) is 12.1. The van der Waals surface area contributed by atoms with Gasteiger partial charge in [0.15, 0.2) is 0 Å². The van der Waals surface area contributed by atoms with E-state index in [1.807, 2.05) is 6.07 Å². The largest absolute Gasteiger partial charge is 0.385 e. The third-order valence-electron chi connectivity index (χ3n) is 3.00. The normalized spacial score (nSPS) is 10.2.